The van der Waals surface area contributed by atoms with E-state index >= 15 is 0 Å². The molecule has 4 nitrogen and oxygen atoms in total. The molecule has 3 N–H and O–H groups in total. The van der Waals surface area contributed by atoms with Crippen LogP contribution in [0.15, 0.2) is 35.7 Å². The van der Waals surface area contributed by atoms with Gasteiger partial charge in [0.05, 0.1) is 6.54 Å². The van der Waals surface area contributed by atoms with Crippen molar-refractivity contribution in [1.29, 1.82) is 0 Å². The number of halogens is 2. The van der Waals surface area contributed by atoms with Gasteiger partial charge in [-0.2, -0.15) is 0 Å². The fourth-order valence-corrected chi connectivity index (χ4v) is 2.80. The zero-order chi connectivity index (χ0) is 16.8. The smallest absolute Gasteiger partial charge is 0.314 e. The van der Waals surface area contributed by atoms with E-state index in [4.69, 9.17) is 0 Å². The zero-order valence-corrected chi connectivity index (χ0v) is 13.4. The van der Waals surface area contributed by atoms with Gasteiger partial charge in [0.25, 0.3) is 0 Å². The minimum atomic E-state index is -0.757. The van der Waals surface area contributed by atoms with Crippen LogP contribution < -0.4 is 10.6 Å². The van der Waals surface area contributed by atoms with Crippen LogP contribution >= 0.6 is 11.3 Å². The second-order valence-electron chi connectivity index (χ2n) is 5.19. The van der Waals surface area contributed by atoms with Gasteiger partial charge >= 0.3 is 6.03 Å². The van der Waals surface area contributed by atoms with Gasteiger partial charge in [0.1, 0.15) is 17.7 Å². The van der Waals surface area contributed by atoms with Gasteiger partial charge in [0.2, 0.25) is 0 Å². The Hall–Kier alpha value is -1.99. The fraction of sp³-hybridized carbons (Fsp3) is 0.312. The van der Waals surface area contributed by atoms with Crippen LogP contribution in [-0.2, 0) is 0 Å². The lowest BCUT2D eigenvalue weighted by molar-refractivity contribution is 0.176. The standard InChI is InChI=1S/C16H18F2N2O2S/c1-10(12-5-4-11(17)7-13(12)18)8-19-16(22)20-9-14(21)15-3-2-6-23-15/h2-7,10,14,21H,8-9H2,1H3,(H2,19,20,22)/t10-,14-/m1/s1. The van der Waals surface area contributed by atoms with E-state index in [-0.39, 0.29) is 19.0 Å². The quantitative estimate of drug-likeness (QED) is 0.756. The molecule has 1 aromatic carbocycles. The number of carbonyl (C=O) groups excluding carboxylic acids is 1. The number of thiophene rings is 1. The maximum Gasteiger partial charge on any atom is 0.314 e. The van der Waals surface area contributed by atoms with Crippen LogP contribution in [0.4, 0.5) is 13.6 Å². The molecule has 2 aromatic rings. The number of aliphatic hydroxyl groups is 1. The normalized spacial score (nSPS) is 13.4. The van der Waals surface area contributed by atoms with Crippen LogP contribution in [0.5, 0.6) is 0 Å². The molecule has 2 amide bonds. The summed E-state index contributed by atoms with van der Waals surface area (Å²) in [5.41, 5.74) is 0.338. The molecule has 0 saturated carbocycles. The summed E-state index contributed by atoms with van der Waals surface area (Å²) in [6, 6.07) is 6.54. The Morgan fingerprint density at radius 3 is 2.65 bits per heavy atom. The molecule has 23 heavy (non-hydrogen) atoms. The van der Waals surface area contributed by atoms with Gasteiger partial charge in [0.15, 0.2) is 0 Å². The van der Waals surface area contributed by atoms with E-state index in [9.17, 15) is 18.7 Å². The molecular weight excluding hydrogens is 322 g/mol. The average Bonchev–Trinajstić information content (AvgIpc) is 3.04. The molecule has 0 aliphatic rings. The van der Waals surface area contributed by atoms with E-state index in [1.165, 1.54) is 23.5 Å². The largest absolute Gasteiger partial charge is 0.386 e. The van der Waals surface area contributed by atoms with Crippen molar-refractivity contribution in [3.63, 3.8) is 0 Å². The average molecular weight is 340 g/mol. The van der Waals surface area contributed by atoms with Crippen molar-refractivity contribution in [1.82, 2.24) is 10.6 Å². The predicted molar refractivity (Wildman–Crippen MR) is 85.5 cm³/mol. The van der Waals surface area contributed by atoms with E-state index in [1.54, 1.807) is 13.0 Å². The van der Waals surface area contributed by atoms with Gasteiger partial charge in [-0.1, -0.05) is 19.1 Å². The molecule has 0 radical (unpaired) electrons. The van der Waals surface area contributed by atoms with Crippen molar-refractivity contribution in [2.75, 3.05) is 13.1 Å². The summed E-state index contributed by atoms with van der Waals surface area (Å²) in [5, 5.41) is 16.9. The summed E-state index contributed by atoms with van der Waals surface area (Å²) >= 11 is 1.41. The third-order valence-electron chi connectivity index (χ3n) is 3.39. The highest BCUT2D eigenvalue weighted by molar-refractivity contribution is 7.10. The number of amides is 2. The van der Waals surface area contributed by atoms with Crippen LogP contribution in [0.25, 0.3) is 0 Å². The monoisotopic (exact) mass is 340 g/mol. The number of hydrogen-bond donors (Lipinski definition) is 3. The highest BCUT2D eigenvalue weighted by atomic mass is 32.1. The Labute approximate surface area is 137 Å². The van der Waals surface area contributed by atoms with Gasteiger partial charge in [0, 0.05) is 23.4 Å². The molecule has 2 rings (SSSR count). The van der Waals surface area contributed by atoms with E-state index in [1.807, 2.05) is 11.4 Å². The minimum absolute atomic E-state index is 0.0889. The van der Waals surface area contributed by atoms with E-state index in [0.717, 1.165) is 10.9 Å². The third-order valence-corrected chi connectivity index (χ3v) is 4.36. The molecule has 0 saturated heterocycles. The number of carbonyl (C=O) groups is 1. The molecular formula is C16H18F2N2O2S. The number of nitrogens with one attached hydrogen (secondary N) is 2. The number of hydrogen-bond acceptors (Lipinski definition) is 3. The van der Waals surface area contributed by atoms with Crippen LogP contribution in [-0.4, -0.2) is 24.2 Å². The first kappa shape index (κ1) is 17.4. The number of aliphatic hydroxyl groups excluding tert-OH is 1. The summed E-state index contributed by atoms with van der Waals surface area (Å²) in [7, 11) is 0. The van der Waals surface area contributed by atoms with Crippen LogP contribution in [0, 0.1) is 11.6 Å². The molecule has 7 heteroatoms. The maximum absolute atomic E-state index is 13.6. The van der Waals surface area contributed by atoms with Crippen molar-refractivity contribution in [3.8, 4) is 0 Å². The first-order valence-electron chi connectivity index (χ1n) is 7.15. The second kappa shape index (κ2) is 8.03. The topological polar surface area (TPSA) is 61.4 Å². The molecule has 124 valence electrons. The fourth-order valence-electron chi connectivity index (χ4n) is 2.09. The molecule has 0 bridgehead atoms. The Morgan fingerprint density at radius 1 is 1.26 bits per heavy atom. The van der Waals surface area contributed by atoms with Crippen LogP contribution in [0.2, 0.25) is 0 Å². The van der Waals surface area contributed by atoms with E-state index < -0.39 is 23.8 Å². The molecule has 0 aliphatic heterocycles. The lowest BCUT2D eigenvalue weighted by Gasteiger charge is -2.15. The summed E-state index contributed by atoms with van der Waals surface area (Å²) in [6.07, 6.45) is -0.757. The van der Waals surface area contributed by atoms with Gasteiger partial charge < -0.3 is 15.7 Å². The maximum atomic E-state index is 13.6. The Balaban J connectivity index is 1.77. The van der Waals surface area contributed by atoms with Crippen LogP contribution in [0.3, 0.4) is 0 Å². The third kappa shape index (κ3) is 5.01. The number of benzene rings is 1. The first-order valence-corrected chi connectivity index (χ1v) is 8.03. The lowest BCUT2D eigenvalue weighted by atomic mass is 10.0. The Kier molecular flexibility index (Phi) is 6.06. The lowest BCUT2D eigenvalue weighted by Crippen LogP contribution is -2.39. The first-order chi connectivity index (χ1) is 11.0. The van der Waals surface area contributed by atoms with Crippen molar-refractivity contribution in [2.24, 2.45) is 0 Å². The van der Waals surface area contributed by atoms with Crippen LogP contribution in [0.1, 0.15) is 29.4 Å². The summed E-state index contributed by atoms with van der Waals surface area (Å²) < 4.78 is 26.5. The summed E-state index contributed by atoms with van der Waals surface area (Å²) in [5.74, 6) is -1.57. The summed E-state index contributed by atoms with van der Waals surface area (Å²) in [4.78, 5) is 12.5. The number of rotatable bonds is 6. The summed E-state index contributed by atoms with van der Waals surface area (Å²) in [6.45, 7) is 2.02. The molecule has 0 fully saturated rings. The van der Waals surface area contributed by atoms with Crippen molar-refractivity contribution in [3.05, 3.63) is 57.8 Å². The molecule has 2 atom stereocenters. The van der Waals surface area contributed by atoms with Crippen molar-refractivity contribution < 1.29 is 18.7 Å². The Bertz CT molecular complexity index is 650. The second-order valence-corrected chi connectivity index (χ2v) is 6.17. The van der Waals surface area contributed by atoms with E-state index in [0.29, 0.717) is 5.56 Å². The molecule has 0 unspecified atom stereocenters. The van der Waals surface area contributed by atoms with Gasteiger partial charge in [-0.3, -0.25) is 0 Å². The minimum Gasteiger partial charge on any atom is -0.386 e. The van der Waals surface area contributed by atoms with Gasteiger partial charge in [-0.25, -0.2) is 13.6 Å². The molecule has 0 spiro atoms. The Morgan fingerprint density at radius 2 is 2.00 bits per heavy atom. The van der Waals surface area contributed by atoms with Crippen molar-refractivity contribution >= 4 is 17.4 Å². The SMILES string of the molecule is C[C@H](CNC(=O)NC[C@@H](O)c1cccs1)c1ccc(F)cc1F. The molecule has 1 aromatic heterocycles. The van der Waals surface area contributed by atoms with Gasteiger partial charge in [-0.05, 0) is 23.1 Å². The molecule has 0 aliphatic carbocycles. The predicted octanol–water partition coefficient (Wildman–Crippen LogP) is 3.16. The highest BCUT2D eigenvalue weighted by Crippen LogP contribution is 2.19. The number of urea groups is 1. The van der Waals surface area contributed by atoms with Crippen molar-refractivity contribution in [2.45, 2.75) is 18.9 Å². The molecule has 1 heterocycles. The van der Waals surface area contributed by atoms with Gasteiger partial charge in [-0.15, -0.1) is 11.3 Å². The van der Waals surface area contributed by atoms with E-state index in [2.05, 4.69) is 10.6 Å². The highest BCUT2D eigenvalue weighted by Gasteiger charge is 2.14. The zero-order valence-electron chi connectivity index (χ0n) is 12.6.